The van der Waals surface area contributed by atoms with Gasteiger partial charge < -0.3 is 10.3 Å². The second-order valence-corrected chi connectivity index (χ2v) is 6.79. The molecule has 2 aromatic carbocycles. The van der Waals surface area contributed by atoms with Crippen molar-refractivity contribution in [1.82, 2.24) is 9.97 Å². The minimum atomic E-state index is -0.963. The highest BCUT2D eigenvalue weighted by atomic mass is 35.5. The Morgan fingerprint density at radius 3 is 2.75 bits per heavy atom. The summed E-state index contributed by atoms with van der Waals surface area (Å²) in [5.74, 6) is -2.17. The second kappa shape index (κ2) is 6.78. The number of amides is 1. The summed E-state index contributed by atoms with van der Waals surface area (Å²) in [7, 11) is 0. The van der Waals surface area contributed by atoms with Crippen molar-refractivity contribution in [2.75, 3.05) is 5.32 Å². The summed E-state index contributed by atoms with van der Waals surface area (Å²) in [4.78, 5) is 19.3. The van der Waals surface area contributed by atoms with Gasteiger partial charge in [-0.2, -0.15) is 0 Å². The Labute approximate surface area is 145 Å². The fourth-order valence-corrected chi connectivity index (χ4v) is 3.06. The first-order valence-electron chi connectivity index (χ1n) is 7.01. The van der Waals surface area contributed by atoms with Crippen molar-refractivity contribution in [3.05, 3.63) is 53.1 Å². The summed E-state index contributed by atoms with van der Waals surface area (Å²) in [5.41, 5.74) is 1.19. The van der Waals surface area contributed by atoms with Crippen LogP contribution in [-0.2, 0) is 4.79 Å². The molecule has 124 valence electrons. The third-order valence-corrected chi connectivity index (χ3v) is 4.61. The first kappa shape index (κ1) is 16.7. The van der Waals surface area contributed by atoms with E-state index in [1.54, 1.807) is 31.2 Å². The number of fused-ring (bicyclic) bond motifs is 1. The first-order chi connectivity index (χ1) is 11.4. The number of thioether (sulfide) groups is 1. The Morgan fingerprint density at radius 2 is 2.00 bits per heavy atom. The van der Waals surface area contributed by atoms with Crippen LogP contribution in [0.1, 0.15) is 6.92 Å². The van der Waals surface area contributed by atoms with Crippen LogP contribution in [0.5, 0.6) is 0 Å². The lowest BCUT2D eigenvalue weighted by atomic mass is 10.3. The molecule has 3 rings (SSSR count). The van der Waals surface area contributed by atoms with E-state index >= 15 is 0 Å². The van der Waals surface area contributed by atoms with Crippen LogP contribution in [0, 0.1) is 11.6 Å². The van der Waals surface area contributed by atoms with Gasteiger partial charge in [0.1, 0.15) is 0 Å². The molecule has 0 aliphatic carbocycles. The van der Waals surface area contributed by atoms with E-state index in [0.717, 1.165) is 23.9 Å². The number of imidazole rings is 1. The van der Waals surface area contributed by atoms with E-state index < -0.39 is 16.9 Å². The predicted molar refractivity (Wildman–Crippen MR) is 91.4 cm³/mol. The number of carbonyl (C=O) groups is 1. The molecule has 1 heterocycles. The van der Waals surface area contributed by atoms with Crippen LogP contribution in [0.15, 0.2) is 41.6 Å². The van der Waals surface area contributed by atoms with Gasteiger partial charge in [-0.05, 0) is 19.1 Å². The molecule has 24 heavy (non-hydrogen) atoms. The number of rotatable bonds is 4. The molecule has 3 aromatic rings. The number of nitrogens with zero attached hydrogens (tertiary/aromatic N) is 1. The monoisotopic (exact) mass is 367 g/mol. The quantitative estimate of drug-likeness (QED) is 0.662. The third-order valence-electron chi connectivity index (χ3n) is 3.29. The molecule has 4 nitrogen and oxygen atoms in total. The van der Waals surface area contributed by atoms with Crippen LogP contribution in [0.2, 0.25) is 5.02 Å². The molecule has 1 atom stereocenters. The number of carbonyl (C=O) groups excluding carboxylic acids is 1. The van der Waals surface area contributed by atoms with Gasteiger partial charge in [-0.1, -0.05) is 35.5 Å². The molecule has 0 radical (unpaired) electrons. The van der Waals surface area contributed by atoms with Gasteiger partial charge in [-0.25, -0.2) is 13.8 Å². The summed E-state index contributed by atoms with van der Waals surface area (Å²) in [6.07, 6.45) is 0. The molecule has 2 N–H and O–H groups in total. The minimum absolute atomic E-state index is 0.258. The summed E-state index contributed by atoms with van der Waals surface area (Å²) in [6, 6.07) is 8.96. The number of aromatic amines is 1. The maximum absolute atomic E-state index is 13.2. The standard InChI is InChI=1S/C16H12ClF2N3OS/c1-8(15(23)20-12-5-3-2-4-9(12)17)24-16-21-13-6-10(18)11(19)7-14(13)22-16/h2-8H,1H3,(H,20,23)(H,21,22). The van der Waals surface area contributed by atoms with Crippen LogP contribution in [-0.4, -0.2) is 21.1 Å². The van der Waals surface area contributed by atoms with Crippen LogP contribution in [0.3, 0.4) is 0 Å². The molecule has 1 unspecified atom stereocenters. The number of benzene rings is 2. The summed E-state index contributed by atoms with van der Waals surface area (Å²) >= 11 is 7.15. The zero-order valence-corrected chi connectivity index (χ0v) is 14.0. The Kier molecular flexibility index (Phi) is 4.73. The van der Waals surface area contributed by atoms with E-state index in [-0.39, 0.29) is 5.91 Å². The molecule has 0 aliphatic rings. The smallest absolute Gasteiger partial charge is 0.237 e. The van der Waals surface area contributed by atoms with Crippen LogP contribution in [0.25, 0.3) is 11.0 Å². The van der Waals surface area contributed by atoms with Crippen LogP contribution < -0.4 is 5.32 Å². The van der Waals surface area contributed by atoms with E-state index in [4.69, 9.17) is 11.6 Å². The topological polar surface area (TPSA) is 57.8 Å². The molecule has 0 bridgehead atoms. The van der Waals surface area contributed by atoms with Gasteiger partial charge >= 0.3 is 0 Å². The molecule has 1 amide bonds. The largest absolute Gasteiger partial charge is 0.333 e. The first-order valence-corrected chi connectivity index (χ1v) is 8.26. The second-order valence-electron chi connectivity index (χ2n) is 5.05. The zero-order valence-electron chi connectivity index (χ0n) is 12.4. The Bertz CT molecular complexity index is 876. The third kappa shape index (κ3) is 3.52. The summed E-state index contributed by atoms with van der Waals surface area (Å²) in [6.45, 7) is 1.70. The molecule has 0 spiro atoms. The Hall–Kier alpha value is -2.12. The molecule has 1 aromatic heterocycles. The van der Waals surface area contributed by atoms with Crippen molar-refractivity contribution >= 4 is 46.0 Å². The van der Waals surface area contributed by atoms with Crippen molar-refractivity contribution in [3.8, 4) is 0 Å². The maximum Gasteiger partial charge on any atom is 0.237 e. The SMILES string of the molecule is CC(Sc1nc2cc(F)c(F)cc2[nH]1)C(=O)Nc1ccccc1Cl. The van der Waals surface area contributed by atoms with E-state index in [1.807, 2.05) is 0 Å². The highest BCUT2D eigenvalue weighted by molar-refractivity contribution is 8.00. The molecule has 8 heteroatoms. The molecule has 0 saturated carbocycles. The van der Waals surface area contributed by atoms with Crippen molar-refractivity contribution < 1.29 is 13.6 Å². The summed E-state index contributed by atoms with van der Waals surface area (Å²) < 4.78 is 26.4. The number of halogens is 3. The number of nitrogens with one attached hydrogen (secondary N) is 2. The van der Waals surface area contributed by atoms with Gasteiger partial charge in [-0.3, -0.25) is 4.79 Å². The number of H-pyrrole nitrogens is 1. The minimum Gasteiger partial charge on any atom is -0.333 e. The fourth-order valence-electron chi connectivity index (χ4n) is 2.06. The van der Waals surface area contributed by atoms with Gasteiger partial charge in [-0.15, -0.1) is 0 Å². The molecular weight excluding hydrogens is 356 g/mol. The van der Waals surface area contributed by atoms with Crippen molar-refractivity contribution in [1.29, 1.82) is 0 Å². The number of hydrogen-bond acceptors (Lipinski definition) is 3. The lowest BCUT2D eigenvalue weighted by Crippen LogP contribution is -2.22. The average molecular weight is 368 g/mol. The molecular formula is C16H12ClF2N3OS. The van der Waals surface area contributed by atoms with Crippen molar-refractivity contribution in [2.24, 2.45) is 0 Å². The lowest BCUT2D eigenvalue weighted by Gasteiger charge is -2.11. The Morgan fingerprint density at radius 1 is 1.29 bits per heavy atom. The molecule has 0 aliphatic heterocycles. The fraction of sp³-hybridized carbons (Fsp3) is 0.125. The predicted octanol–water partition coefficient (Wildman–Crippen LogP) is 4.61. The van der Waals surface area contributed by atoms with Gasteiger partial charge in [0.25, 0.3) is 0 Å². The van der Waals surface area contributed by atoms with Gasteiger partial charge in [0.15, 0.2) is 16.8 Å². The van der Waals surface area contributed by atoms with Gasteiger partial charge in [0.2, 0.25) is 5.91 Å². The van der Waals surface area contributed by atoms with E-state index in [0.29, 0.717) is 26.9 Å². The van der Waals surface area contributed by atoms with E-state index in [9.17, 15) is 13.6 Å². The van der Waals surface area contributed by atoms with E-state index in [1.165, 1.54) is 0 Å². The maximum atomic E-state index is 13.2. The van der Waals surface area contributed by atoms with Crippen LogP contribution >= 0.6 is 23.4 Å². The highest BCUT2D eigenvalue weighted by Gasteiger charge is 2.18. The van der Waals surface area contributed by atoms with Gasteiger partial charge in [0, 0.05) is 12.1 Å². The van der Waals surface area contributed by atoms with Crippen LogP contribution in [0.4, 0.5) is 14.5 Å². The molecule has 0 saturated heterocycles. The van der Waals surface area contributed by atoms with Gasteiger partial charge in [0.05, 0.1) is 27.0 Å². The normalized spacial score (nSPS) is 12.3. The zero-order chi connectivity index (χ0) is 17.3. The highest BCUT2D eigenvalue weighted by Crippen LogP contribution is 2.27. The van der Waals surface area contributed by atoms with Crippen molar-refractivity contribution in [2.45, 2.75) is 17.3 Å². The molecule has 0 fully saturated rings. The summed E-state index contributed by atoms with van der Waals surface area (Å²) in [5, 5.41) is 3.08. The van der Waals surface area contributed by atoms with E-state index in [2.05, 4.69) is 15.3 Å². The number of anilines is 1. The lowest BCUT2D eigenvalue weighted by molar-refractivity contribution is -0.115. The number of para-hydroxylation sites is 1. The Balaban J connectivity index is 1.73. The number of hydrogen-bond donors (Lipinski definition) is 2. The van der Waals surface area contributed by atoms with Crippen molar-refractivity contribution in [3.63, 3.8) is 0 Å². The average Bonchev–Trinajstić information content (AvgIpc) is 2.91. The number of aromatic nitrogens is 2.